The molecule has 0 bridgehead atoms. The summed E-state index contributed by atoms with van der Waals surface area (Å²) in [5.74, 6) is 0.366. The summed E-state index contributed by atoms with van der Waals surface area (Å²) >= 11 is 5.92. The largest absolute Gasteiger partial charge is 0.429 e. The topological polar surface area (TPSA) is 82.8 Å². The second kappa shape index (κ2) is 8.46. The zero-order chi connectivity index (χ0) is 23.0. The van der Waals surface area contributed by atoms with Gasteiger partial charge in [-0.15, -0.1) is 0 Å². The third-order valence-corrected chi connectivity index (χ3v) is 6.78. The molecule has 0 aliphatic carbocycles. The number of sulfonamides is 1. The van der Waals surface area contributed by atoms with E-state index in [-0.39, 0.29) is 10.7 Å². The van der Waals surface area contributed by atoms with Crippen molar-refractivity contribution in [2.75, 3.05) is 0 Å². The summed E-state index contributed by atoms with van der Waals surface area (Å²) in [6.45, 7) is 2.92. The van der Waals surface area contributed by atoms with Crippen molar-refractivity contribution in [1.29, 1.82) is 0 Å². The highest BCUT2D eigenvalue weighted by Gasteiger charge is 2.21. The number of nitrogens with zero attached hydrogens (tertiary/aromatic N) is 5. The summed E-state index contributed by atoms with van der Waals surface area (Å²) < 4.78 is 34.3. The first-order chi connectivity index (χ1) is 16.0. The fourth-order valence-electron chi connectivity index (χ4n) is 3.74. The van der Waals surface area contributed by atoms with Gasteiger partial charge in [0.1, 0.15) is 0 Å². The van der Waals surface area contributed by atoms with Crippen LogP contribution >= 0.6 is 11.6 Å². The van der Waals surface area contributed by atoms with Gasteiger partial charge < -0.3 is 9.71 Å². The molecule has 0 radical (unpaired) electrons. The summed E-state index contributed by atoms with van der Waals surface area (Å²) in [6, 6.07) is 21.1. The molecule has 9 heteroatoms. The van der Waals surface area contributed by atoms with Gasteiger partial charge in [0.25, 0.3) is 6.33 Å². The Morgan fingerprint density at radius 2 is 1.61 bits per heavy atom. The van der Waals surface area contributed by atoms with Crippen molar-refractivity contribution >= 4 is 49.5 Å². The van der Waals surface area contributed by atoms with Crippen LogP contribution < -0.4 is 4.57 Å². The lowest BCUT2D eigenvalue weighted by Gasteiger charge is -2.18. The summed E-state index contributed by atoms with van der Waals surface area (Å²) in [4.78, 5) is 9.38. The number of hydrogen-bond donors (Lipinski definition) is 0. The molecule has 33 heavy (non-hydrogen) atoms. The van der Waals surface area contributed by atoms with Gasteiger partial charge in [-0.2, -0.15) is 4.57 Å². The van der Waals surface area contributed by atoms with Gasteiger partial charge >= 0.3 is 0 Å². The van der Waals surface area contributed by atoms with Crippen molar-refractivity contribution in [3.63, 3.8) is 0 Å². The molecule has 5 rings (SSSR count). The average Bonchev–Trinajstić information content (AvgIpc) is 3.17. The fourth-order valence-corrected chi connectivity index (χ4v) is 4.80. The summed E-state index contributed by atoms with van der Waals surface area (Å²) in [5.41, 5.74) is 3.11. The Hall–Kier alpha value is -3.49. The molecule has 2 heterocycles. The molecule has 2 aromatic heterocycles. The van der Waals surface area contributed by atoms with E-state index in [2.05, 4.69) is 21.2 Å². The molecule has 0 spiro atoms. The van der Waals surface area contributed by atoms with E-state index in [1.807, 2.05) is 53.4 Å². The van der Waals surface area contributed by atoms with Crippen molar-refractivity contribution in [1.82, 2.24) is 14.5 Å². The van der Waals surface area contributed by atoms with E-state index in [1.54, 1.807) is 6.07 Å². The first-order valence-electron chi connectivity index (χ1n) is 10.5. The Bertz CT molecular complexity index is 1580. The van der Waals surface area contributed by atoms with E-state index in [0.717, 1.165) is 24.0 Å². The van der Waals surface area contributed by atoms with Gasteiger partial charge in [-0.25, -0.2) is 18.0 Å². The highest BCUT2D eigenvalue weighted by Crippen LogP contribution is 2.33. The van der Waals surface area contributed by atoms with Gasteiger partial charge in [-0.1, -0.05) is 48.9 Å². The van der Waals surface area contributed by atoms with Crippen molar-refractivity contribution in [3.05, 3.63) is 88.9 Å². The van der Waals surface area contributed by atoms with E-state index in [4.69, 9.17) is 16.6 Å². The molecule has 3 aromatic carbocycles. The molecule has 0 unspecified atom stereocenters. The maximum Gasteiger partial charge on any atom is 0.251 e. The van der Waals surface area contributed by atoms with Gasteiger partial charge in [-0.05, 0) is 54.4 Å². The van der Waals surface area contributed by atoms with Crippen LogP contribution in [0, 0.1) is 0 Å². The summed E-state index contributed by atoms with van der Waals surface area (Å²) in [5, 5.41) is 0.444. The Morgan fingerprint density at radius 3 is 2.33 bits per heavy atom. The van der Waals surface area contributed by atoms with Crippen LogP contribution in [0.15, 0.2) is 84.0 Å². The predicted molar refractivity (Wildman–Crippen MR) is 129 cm³/mol. The third-order valence-electron chi connectivity index (χ3n) is 5.25. The Kier molecular flexibility index (Phi) is 5.47. The zero-order valence-corrected chi connectivity index (χ0v) is 19.3. The van der Waals surface area contributed by atoms with Crippen LogP contribution in [0.5, 0.6) is 0 Å². The Morgan fingerprint density at radius 1 is 0.939 bits per heavy atom. The number of benzene rings is 3. The van der Waals surface area contributed by atoms with E-state index >= 15 is 0 Å². The second-order valence-electron chi connectivity index (χ2n) is 7.55. The van der Waals surface area contributed by atoms with Crippen LogP contribution in [0.4, 0.5) is 5.82 Å². The molecule has 5 aromatic rings. The standard InChI is InChI=1S/C24H20ClN5O2S/c1-2-15-29-16-30(22-10-6-5-9-21(22)29)24-23(26-19-7-3-4-8-20(19)27-24)28-33(31,32)18-13-11-17(25)12-14-18/h3-14,16H,2,15H2,1H3. The molecule has 0 amide bonds. The molecular formula is C24H20ClN5O2S. The Labute approximate surface area is 196 Å². The lowest BCUT2D eigenvalue weighted by molar-refractivity contribution is -0.671. The molecule has 0 aliphatic rings. The number of aryl methyl sites for hydroxylation is 1. The highest BCUT2D eigenvalue weighted by molar-refractivity contribution is 7.94. The number of imidazole rings is 1. The number of para-hydroxylation sites is 4. The first kappa shape index (κ1) is 21.4. The maximum atomic E-state index is 13.1. The monoisotopic (exact) mass is 477 g/mol. The van der Waals surface area contributed by atoms with Crippen LogP contribution in [0.2, 0.25) is 5.02 Å². The van der Waals surface area contributed by atoms with Crippen LogP contribution in [0.25, 0.3) is 32.6 Å². The van der Waals surface area contributed by atoms with Gasteiger partial charge in [0.2, 0.25) is 15.8 Å². The quantitative estimate of drug-likeness (QED) is 0.310. The number of halogens is 1. The van der Waals surface area contributed by atoms with Crippen molar-refractivity contribution < 1.29 is 13.0 Å². The molecule has 0 saturated carbocycles. The summed E-state index contributed by atoms with van der Waals surface area (Å²) in [7, 11) is -4.04. The van der Waals surface area contributed by atoms with Crippen molar-refractivity contribution in [3.8, 4) is 5.82 Å². The molecule has 166 valence electrons. The fraction of sp³-hybridized carbons (Fsp3) is 0.125. The minimum Gasteiger partial charge on any atom is -0.429 e. The van der Waals surface area contributed by atoms with Gasteiger partial charge in [0, 0.05) is 10.8 Å². The second-order valence-corrected chi connectivity index (χ2v) is 9.59. The lowest BCUT2D eigenvalue weighted by Crippen LogP contribution is -2.31. The van der Waals surface area contributed by atoms with E-state index in [0.29, 0.717) is 21.9 Å². The average molecular weight is 478 g/mol. The third kappa shape index (κ3) is 4.03. The smallest absolute Gasteiger partial charge is 0.251 e. The number of aromatic nitrogens is 4. The Balaban J connectivity index is 1.72. The van der Waals surface area contributed by atoms with Crippen LogP contribution in [0.3, 0.4) is 0 Å². The number of fused-ring (bicyclic) bond motifs is 2. The number of hydrogen-bond acceptors (Lipinski definition) is 4. The molecule has 0 saturated heterocycles. The van der Waals surface area contributed by atoms with Crippen molar-refractivity contribution in [2.24, 2.45) is 0 Å². The molecular weight excluding hydrogens is 458 g/mol. The number of rotatable bonds is 6. The maximum absolute atomic E-state index is 13.1. The van der Waals surface area contributed by atoms with E-state index in [1.165, 1.54) is 24.3 Å². The van der Waals surface area contributed by atoms with Crippen molar-refractivity contribution in [2.45, 2.75) is 24.8 Å². The van der Waals surface area contributed by atoms with Crippen LogP contribution in [-0.4, -0.2) is 23.0 Å². The van der Waals surface area contributed by atoms with E-state index in [9.17, 15) is 8.42 Å². The van der Waals surface area contributed by atoms with Crippen LogP contribution in [-0.2, 0) is 16.6 Å². The minimum atomic E-state index is -4.04. The highest BCUT2D eigenvalue weighted by atomic mass is 35.5. The lowest BCUT2D eigenvalue weighted by atomic mass is 10.3. The summed E-state index contributed by atoms with van der Waals surface area (Å²) in [6.07, 6.45) is 2.87. The molecule has 0 atom stereocenters. The first-order valence-corrected chi connectivity index (χ1v) is 12.3. The SMILES string of the molecule is CCC[n+]1cn(-c2nc3ccccc3nc2[N-]S(=O)(=O)c2ccc(Cl)cc2)c2ccccc21. The van der Waals surface area contributed by atoms with Gasteiger partial charge in [0.05, 0.1) is 17.0 Å². The van der Waals surface area contributed by atoms with Gasteiger partial charge in [-0.3, -0.25) is 0 Å². The zero-order valence-electron chi connectivity index (χ0n) is 17.8. The predicted octanol–water partition coefficient (Wildman–Crippen LogP) is 5.32. The molecule has 7 nitrogen and oxygen atoms in total. The molecule has 0 fully saturated rings. The van der Waals surface area contributed by atoms with E-state index < -0.39 is 10.0 Å². The minimum absolute atomic E-state index is 0.0213. The normalized spacial score (nSPS) is 11.8. The molecule has 0 aliphatic heterocycles. The van der Waals surface area contributed by atoms with Gasteiger partial charge in [0.15, 0.2) is 11.0 Å². The van der Waals surface area contributed by atoms with Crippen LogP contribution in [0.1, 0.15) is 13.3 Å². The molecule has 0 N–H and O–H groups in total.